The number of hydrogen-bond acceptors (Lipinski definition) is 4. The molecule has 0 radical (unpaired) electrons. The Balaban J connectivity index is 1.91. The number of likely N-dealkylation sites (N-methyl/N-ethyl adjacent to an activating group) is 1. The van der Waals surface area contributed by atoms with Gasteiger partial charge in [0, 0.05) is 7.05 Å². The SMILES string of the molecule is CN(C(=N)N)C(=O)C(c1ccc(OC(F)F)cc1)c1cccc(OCC2CC2)c1. The summed E-state index contributed by atoms with van der Waals surface area (Å²) in [5, 5.41) is 7.58. The van der Waals surface area contributed by atoms with Crippen molar-refractivity contribution in [1.29, 1.82) is 5.41 Å². The maximum atomic E-state index is 13.0. The second-order valence-electron chi connectivity index (χ2n) is 6.99. The molecule has 1 aliphatic rings. The first-order chi connectivity index (χ1) is 13.8. The van der Waals surface area contributed by atoms with Crippen LogP contribution in [0.15, 0.2) is 48.5 Å². The average Bonchev–Trinajstić information content (AvgIpc) is 3.51. The quantitative estimate of drug-likeness (QED) is 0.521. The van der Waals surface area contributed by atoms with Crippen LogP contribution in [0.3, 0.4) is 0 Å². The Morgan fingerprint density at radius 2 is 1.86 bits per heavy atom. The van der Waals surface area contributed by atoms with Crippen molar-refractivity contribution in [3.05, 3.63) is 59.7 Å². The number of benzene rings is 2. The number of nitrogens with zero attached hydrogens (tertiary/aromatic N) is 1. The molecule has 1 amide bonds. The van der Waals surface area contributed by atoms with Crippen molar-refractivity contribution in [2.45, 2.75) is 25.4 Å². The summed E-state index contributed by atoms with van der Waals surface area (Å²) < 4.78 is 35.0. The Morgan fingerprint density at radius 3 is 2.45 bits per heavy atom. The van der Waals surface area contributed by atoms with E-state index in [0.717, 1.165) is 17.7 Å². The van der Waals surface area contributed by atoms with Gasteiger partial charge in [-0.25, -0.2) is 0 Å². The standard InChI is InChI=1S/C21H23F2N3O3/c1-26(21(24)25)19(27)18(14-7-9-16(10-8-14)29-20(22)23)15-3-2-4-17(11-15)28-12-13-5-6-13/h2-4,7-11,13,18,20H,5-6,12H2,1H3,(H3,24,25). The van der Waals surface area contributed by atoms with E-state index < -0.39 is 24.4 Å². The molecule has 1 atom stereocenters. The van der Waals surface area contributed by atoms with Gasteiger partial charge in [-0.05, 0) is 54.2 Å². The number of halogens is 2. The first-order valence-corrected chi connectivity index (χ1v) is 9.24. The minimum atomic E-state index is -2.93. The van der Waals surface area contributed by atoms with E-state index in [9.17, 15) is 13.6 Å². The lowest BCUT2D eigenvalue weighted by Crippen LogP contribution is -2.41. The zero-order valence-electron chi connectivity index (χ0n) is 16.0. The normalized spacial score (nSPS) is 14.3. The highest BCUT2D eigenvalue weighted by Gasteiger charge is 2.28. The average molecular weight is 403 g/mol. The second-order valence-corrected chi connectivity index (χ2v) is 6.99. The molecule has 6 nitrogen and oxygen atoms in total. The van der Waals surface area contributed by atoms with Crippen LogP contribution >= 0.6 is 0 Å². The molecule has 1 aliphatic carbocycles. The number of ether oxygens (including phenoxy) is 2. The summed E-state index contributed by atoms with van der Waals surface area (Å²) in [6.45, 7) is -2.29. The van der Waals surface area contributed by atoms with Crippen molar-refractivity contribution in [1.82, 2.24) is 4.90 Å². The monoisotopic (exact) mass is 403 g/mol. The fourth-order valence-electron chi connectivity index (χ4n) is 2.91. The van der Waals surface area contributed by atoms with Gasteiger partial charge in [0.2, 0.25) is 5.91 Å². The molecule has 0 aromatic heterocycles. The maximum absolute atomic E-state index is 13.0. The number of carbonyl (C=O) groups is 1. The van der Waals surface area contributed by atoms with E-state index in [4.69, 9.17) is 15.9 Å². The molecule has 1 saturated carbocycles. The minimum Gasteiger partial charge on any atom is -0.493 e. The van der Waals surface area contributed by atoms with Gasteiger partial charge < -0.3 is 15.2 Å². The van der Waals surface area contributed by atoms with Crippen LogP contribution in [0.5, 0.6) is 11.5 Å². The number of alkyl halides is 2. The zero-order chi connectivity index (χ0) is 21.0. The molecule has 3 N–H and O–H groups in total. The van der Waals surface area contributed by atoms with Gasteiger partial charge in [0.25, 0.3) is 0 Å². The summed E-state index contributed by atoms with van der Waals surface area (Å²) in [7, 11) is 1.42. The predicted octanol–water partition coefficient (Wildman–Crippen LogP) is 3.56. The largest absolute Gasteiger partial charge is 0.493 e. The third-order valence-corrected chi connectivity index (χ3v) is 4.75. The molecule has 8 heteroatoms. The molecule has 29 heavy (non-hydrogen) atoms. The predicted molar refractivity (Wildman–Crippen MR) is 104 cm³/mol. The molecular weight excluding hydrogens is 380 g/mol. The van der Waals surface area contributed by atoms with Crippen LogP contribution in [0.2, 0.25) is 0 Å². The number of nitrogens with two attached hydrogens (primary N) is 1. The van der Waals surface area contributed by atoms with Gasteiger partial charge >= 0.3 is 6.61 Å². The second kappa shape index (κ2) is 8.89. The van der Waals surface area contributed by atoms with Crippen molar-refractivity contribution < 1.29 is 23.0 Å². The van der Waals surface area contributed by atoms with Gasteiger partial charge in [-0.1, -0.05) is 24.3 Å². The number of hydrogen-bond donors (Lipinski definition) is 2. The molecule has 2 aromatic rings. The highest BCUT2D eigenvalue weighted by atomic mass is 19.3. The van der Waals surface area contributed by atoms with Crippen molar-refractivity contribution in [3.63, 3.8) is 0 Å². The summed E-state index contributed by atoms with van der Waals surface area (Å²) >= 11 is 0. The Labute approximate surface area is 167 Å². The van der Waals surface area contributed by atoms with Gasteiger partial charge in [-0.2, -0.15) is 8.78 Å². The Kier molecular flexibility index (Phi) is 6.31. The zero-order valence-corrected chi connectivity index (χ0v) is 16.0. The van der Waals surface area contributed by atoms with Crippen LogP contribution in [-0.2, 0) is 4.79 Å². The Morgan fingerprint density at radius 1 is 1.17 bits per heavy atom. The Hall–Kier alpha value is -3.16. The van der Waals surface area contributed by atoms with Gasteiger partial charge in [0.05, 0.1) is 12.5 Å². The first kappa shape index (κ1) is 20.6. The van der Waals surface area contributed by atoms with Crippen LogP contribution < -0.4 is 15.2 Å². The van der Waals surface area contributed by atoms with Gasteiger partial charge in [-0.3, -0.25) is 15.1 Å². The molecule has 0 spiro atoms. The van der Waals surface area contributed by atoms with Crippen molar-refractivity contribution in [3.8, 4) is 11.5 Å². The lowest BCUT2D eigenvalue weighted by molar-refractivity contribution is -0.127. The van der Waals surface area contributed by atoms with Crippen molar-refractivity contribution in [2.75, 3.05) is 13.7 Å². The minimum absolute atomic E-state index is 0.00334. The van der Waals surface area contributed by atoms with E-state index in [1.807, 2.05) is 6.07 Å². The lowest BCUT2D eigenvalue weighted by Gasteiger charge is -2.24. The highest BCUT2D eigenvalue weighted by molar-refractivity contribution is 5.99. The maximum Gasteiger partial charge on any atom is 0.387 e. The topological polar surface area (TPSA) is 88.6 Å². The number of nitrogens with one attached hydrogen (secondary N) is 1. The Bertz CT molecular complexity index is 870. The third kappa shape index (κ3) is 5.43. The fraction of sp³-hybridized carbons (Fsp3) is 0.333. The molecule has 0 heterocycles. The fourth-order valence-corrected chi connectivity index (χ4v) is 2.91. The summed E-state index contributed by atoms with van der Waals surface area (Å²) in [6.07, 6.45) is 2.33. The molecule has 0 saturated heterocycles. The summed E-state index contributed by atoms with van der Waals surface area (Å²) in [4.78, 5) is 14.1. The van der Waals surface area contributed by atoms with Crippen LogP contribution in [0, 0.1) is 11.3 Å². The summed E-state index contributed by atoms with van der Waals surface area (Å²) in [6, 6.07) is 13.0. The van der Waals surface area contributed by atoms with Gasteiger partial charge in [0.1, 0.15) is 11.5 Å². The molecular formula is C21H23F2N3O3. The molecule has 0 aliphatic heterocycles. The van der Waals surface area contributed by atoms with Crippen LogP contribution in [-0.4, -0.2) is 37.0 Å². The van der Waals surface area contributed by atoms with Gasteiger partial charge in [0.15, 0.2) is 5.96 Å². The molecule has 2 aromatic carbocycles. The lowest BCUT2D eigenvalue weighted by atomic mass is 9.90. The number of guanidine groups is 1. The smallest absolute Gasteiger partial charge is 0.387 e. The summed E-state index contributed by atoms with van der Waals surface area (Å²) in [5.74, 6) is -0.360. The van der Waals surface area contributed by atoms with Crippen molar-refractivity contribution in [2.24, 2.45) is 11.7 Å². The van der Waals surface area contributed by atoms with Crippen molar-refractivity contribution >= 4 is 11.9 Å². The van der Waals surface area contributed by atoms with Gasteiger partial charge in [-0.15, -0.1) is 0 Å². The molecule has 3 rings (SSSR count). The van der Waals surface area contributed by atoms with Crippen LogP contribution in [0.4, 0.5) is 8.78 Å². The van der Waals surface area contributed by atoms with Crippen LogP contribution in [0.1, 0.15) is 29.9 Å². The van der Waals surface area contributed by atoms with E-state index in [0.29, 0.717) is 29.4 Å². The molecule has 1 fully saturated rings. The first-order valence-electron chi connectivity index (χ1n) is 9.24. The number of amides is 1. The molecule has 0 bridgehead atoms. The molecule has 154 valence electrons. The third-order valence-electron chi connectivity index (χ3n) is 4.75. The number of rotatable bonds is 8. The van der Waals surface area contributed by atoms with E-state index >= 15 is 0 Å². The summed E-state index contributed by atoms with van der Waals surface area (Å²) in [5.41, 5.74) is 6.70. The van der Waals surface area contributed by atoms with E-state index in [-0.39, 0.29) is 5.75 Å². The highest BCUT2D eigenvalue weighted by Crippen LogP contribution is 2.32. The van der Waals surface area contributed by atoms with E-state index in [2.05, 4.69) is 4.74 Å². The van der Waals surface area contributed by atoms with Crippen LogP contribution in [0.25, 0.3) is 0 Å². The molecule has 1 unspecified atom stereocenters. The van der Waals surface area contributed by atoms with E-state index in [1.165, 1.54) is 19.2 Å². The van der Waals surface area contributed by atoms with E-state index in [1.54, 1.807) is 30.3 Å². The number of carbonyl (C=O) groups excluding carboxylic acids is 1.